The molecule has 2 rings (SSSR count). The molecule has 0 atom stereocenters. The Morgan fingerprint density at radius 2 is 1.75 bits per heavy atom. The monoisotopic (exact) mass is 286 g/mol. The van der Waals surface area contributed by atoms with Crippen LogP contribution in [0.15, 0.2) is 59.6 Å². The molecule has 0 aliphatic heterocycles. The van der Waals surface area contributed by atoms with E-state index in [0.29, 0.717) is 12.2 Å². The zero-order valence-electron chi connectivity index (χ0n) is 10.5. The van der Waals surface area contributed by atoms with Gasteiger partial charge in [0.1, 0.15) is 0 Å². The highest BCUT2D eigenvalue weighted by atomic mass is 35.5. The first-order valence-electron chi connectivity index (χ1n) is 5.89. The van der Waals surface area contributed by atoms with Gasteiger partial charge in [0.2, 0.25) is 6.08 Å². The average Bonchev–Trinajstić information content (AvgIpc) is 2.47. The number of para-hydroxylation sites is 1. The molecule has 0 aliphatic carbocycles. The summed E-state index contributed by atoms with van der Waals surface area (Å²) in [5.41, 5.74) is 2.13. The van der Waals surface area contributed by atoms with E-state index >= 15 is 0 Å². The lowest BCUT2D eigenvalue weighted by atomic mass is 10.2. The van der Waals surface area contributed by atoms with E-state index in [2.05, 4.69) is 4.99 Å². The van der Waals surface area contributed by atoms with Crippen molar-refractivity contribution < 1.29 is 9.59 Å². The summed E-state index contributed by atoms with van der Waals surface area (Å²) in [4.78, 5) is 26.7. The molecule has 0 aromatic heterocycles. The van der Waals surface area contributed by atoms with Crippen LogP contribution < -0.4 is 4.90 Å². The highest BCUT2D eigenvalue weighted by molar-refractivity contribution is 6.66. The minimum atomic E-state index is -0.550. The molecule has 0 unspecified atom stereocenters. The van der Waals surface area contributed by atoms with Crippen LogP contribution in [0.3, 0.4) is 0 Å². The van der Waals surface area contributed by atoms with Gasteiger partial charge in [0.15, 0.2) is 0 Å². The lowest BCUT2D eigenvalue weighted by molar-refractivity contribution is 0.264. The zero-order chi connectivity index (χ0) is 14.4. The van der Waals surface area contributed by atoms with Gasteiger partial charge in [-0.15, -0.1) is 0 Å². The molecule has 2 aromatic rings. The lowest BCUT2D eigenvalue weighted by Gasteiger charge is -2.19. The molecular formula is C15H11ClN2O2. The van der Waals surface area contributed by atoms with Gasteiger partial charge in [0.05, 0.1) is 12.2 Å². The fourth-order valence-electron chi connectivity index (χ4n) is 1.77. The normalized spacial score (nSPS) is 9.65. The van der Waals surface area contributed by atoms with Crippen LogP contribution in [0.5, 0.6) is 0 Å². The average molecular weight is 287 g/mol. The third kappa shape index (κ3) is 3.54. The summed E-state index contributed by atoms with van der Waals surface area (Å²) >= 11 is 5.63. The van der Waals surface area contributed by atoms with Crippen molar-refractivity contribution in [2.75, 3.05) is 4.90 Å². The summed E-state index contributed by atoms with van der Waals surface area (Å²) in [5.74, 6) is 0. The molecule has 2 aromatic carbocycles. The summed E-state index contributed by atoms with van der Waals surface area (Å²) in [5, 5.41) is -0.550. The minimum absolute atomic E-state index is 0.345. The van der Waals surface area contributed by atoms with Gasteiger partial charge in [-0.25, -0.2) is 4.79 Å². The van der Waals surface area contributed by atoms with Gasteiger partial charge in [-0.1, -0.05) is 30.3 Å². The molecule has 0 spiro atoms. The number of halogens is 1. The van der Waals surface area contributed by atoms with Crippen LogP contribution in [-0.4, -0.2) is 11.4 Å². The molecule has 5 heteroatoms. The van der Waals surface area contributed by atoms with Crippen molar-refractivity contribution in [1.29, 1.82) is 0 Å². The van der Waals surface area contributed by atoms with Crippen molar-refractivity contribution in [2.24, 2.45) is 4.99 Å². The van der Waals surface area contributed by atoms with Gasteiger partial charge in [-0.3, -0.25) is 9.69 Å². The van der Waals surface area contributed by atoms with Crippen LogP contribution in [0, 0.1) is 0 Å². The summed E-state index contributed by atoms with van der Waals surface area (Å²) in [6.45, 7) is 0.345. The molecule has 0 radical (unpaired) electrons. The van der Waals surface area contributed by atoms with Crippen molar-refractivity contribution >= 4 is 34.4 Å². The summed E-state index contributed by atoms with van der Waals surface area (Å²) in [7, 11) is 0. The Kier molecular flexibility index (Phi) is 4.66. The number of carbonyl (C=O) groups excluding carboxylic acids is 2. The first-order chi connectivity index (χ1) is 9.70. The predicted molar refractivity (Wildman–Crippen MR) is 78.1 cm³/mol. The summed E-state index contributed by atoms with van der Waals surface area (Å²) in [6.07, 6.45) is 1.48. The smallest absolute Gasteiger partial charge is 0.295 e. The number of carbonyl (C=O) groups is 1. The largest absolute Gasteiger partial charge is 0.321 e. The van der Waals surface area contributed by atoms with Gasteiger partial charge in [0, 0.05) is 5.69 Å². The topological polar surface area (TPSA) is 49.7 Å². The van der Waals surface area contributed by atoms with E-state index in [-0.39, 0.29) is 0 Å². The Balaban J connectivity index is 2.20. The fraction of sp³-hybridized carbons (Fsp3) is 0.0667. The number of aliphatic imine (C=N–C) groups is 1. The zero-order valence-corrected chi connectivity index (χ0v) is 11.2. The van der Waals surface area contributed by atoms with Crippen molar-refractivity contribution in [1.82, 2.24) is 0 Å². The maximum Gasteiger partial charge on any atom is 0.321 e. The second kappa shape index (κ2) is 6.66. The van der Waals surface area contributed by atoms with Gasteiger partial charge in [-0.2, -0.15) is 4.99 Å². The molecule has 1 amide bonds. The predicted octanol–water partition coefficient (Wildman–Crippen LogP) is 4.02. The highest BCUT2D eigenvalue weighted by Gasteiger charge is 2.13. The molecule has 4 nitrogen and oxygen atoms in total. The molecule has 0 saturated heterocycles. The Labute approximate surface area is 121 Å². The van der Waals surface area contributed by atoms with Crippen LogP contribution >= 0.6 is 11.6 Å². The van der Waals surface area contributed by atoms with Gasteiger partial charge < -0.3 is 0 Å². The molecule has 0 heterocycles. The molecule has 0 saturated carbocycles. The molecule has 0 fully saturated rings. The van der Waals surface area contributed by atoms with E-state index in [1.807, 2.05) is 30.3 Å². The van der Waals surface area contributed by atoms with Gasteiger partial charge in [0.25, 0.3) is 0 Å². The fourth-order valence-corrected chi connectivity index (χ4v) is 1.93. The van der Waals surface area contributed by atoms with E-state index in [1.165, 1.54) is 11.0 Å². The van der Waals surface area contributed by atoms with Crippen LogP contribution in [0.25, 0.3) is 0 Å². The summed E-state index contributed by atoms with van der Waals surface area (Å²) in [6, 6.07) is 16.1. The van der Waals surface area contributed by atoms with Crippen LogP contribution in [-0.2, 0) is 11.3 Å². The SMILES string of the molecule is O=C=Nc1ccc(CN(C(=O)Cl)c2ccccc2)cc1. The minimum Gasteiger partial charge on any atom is -0.295 e. The Morgan fingerprint density at radius 1 is 1.10 bits per heavy atom. The maximum atomic E-state index is 11.5. The molecule has 0 N–H and O–H groups in total. The number of isocyanates is 1. The molecule has 20 heavy (non-hydrogen) atoms. The van der Waals surface area contributed by atoms with E-state index < -0.39 is 5.37 Å². The standard InChI is InChI=1S/C15H11ClN2O2/c16-15(20)18(14-4-2-1-3-5-14)10-12-6-8-13(9-7-12)17-11-19/h1-9H,10H2. The second-order valence-electron chi connectivity index (χ2n) is 4.04. The number of nitrogens with zero attached hydrogens (tertiary/aromatic N) is 2. The first-order valence-corrected chi connectivity index (χ1v) is 6.27. The lowest BCUT2D eigenvalue weighted by Crippen LogP contribution is -2.24. The second-order valence-corrected chi connectivity index (χ2v) is 4.37. The Morgan fingerprint density at radius 3 is 2.30 bits per heavy atom. The third-order valence-electron chi connectivity index (χ3n) is 2.73. The maximum absolute atomic E-state index is 11.5. The van der Waals surface area contributed by atoms with E-state index in [9.17, 15) is 9.59 Å². The molecule has 0 aliphatic rings. The number of hydrogen-bond acceptors (Lipinski definition) is 3. The Hall–Kier alpha value is -2.42. The van der Waals surface area contributed by atoms with Crippen molar-refractivity contribution in [3.63, 3.8) is 0 Å². The molecule has 100 valence electrons. The highest BCUT2D eigenvalue weighted by Crippen LogP contribution is 2.20. The number of anilines is 1. The first kappa shape index (κ1) is 14.0. The summed E-state index contributed by atoms with van der Waals surface area (Å²) < 4.78 is 0. The van der Waals surface area contributed by atoms with Gasteiger partial charge in [-0.05, 0) is 41.4 Å². The van der Waals surface area contributed by atoms with Gasteiger partial charge >= 0.3 is 5.37 Å². The van der Waals surface area contributed by atoms with Crippen LogP contribution in [0.1, 0.15) is 5.56 Å². The number of rotatable bonds is 4. The number of amides is 1. The number of benzene rings is 2. The Bertz CT molecular complexity index is 635. The molecular weight excluding hydrogens is 276 g/mol. The van der Waals surface area contributed by atoms with E-state index in [4.69, 9.17) is 11.6 Å². The van der Waals surface area contributed by atoms with Crippen molar-refractivity contribution in [2.45, 2.75) is 6.54 Å². The molecule has 0 bridgehead atoms. The van der Waals surface area contributed by atoms with E-state index in [1.54, 1.807) is 24.3 Å². The third-order valence-corrected chi connectivity index (χ3v) is 2.94. The van der Waals surface area contributed by atoms with Crippen molar-refractivity contribution in [3.05, 3.63) is 60.2 Å². The quantitative estimate of drug-likeness (QED) is 0.369. The van der Waals surface area contributed by atoms with Crippen LogP contribution in [0.4, 0.5) is 16.2 Å². The number of hydrogen-bond donors (Lipinski definition) is 0. The van der Waals surface area contributed by atoms with E-state index in [0.717, 1.165) is 11.3 Å². The van der Waals surface area contributed by atoms with Crippen molar-refractivity contribution in [3.8, 4) is 0 Å². The van der Waals surface area contributed by atoms with Crippen LogP contribution in [0.2, 0.25) is 0 Å².